The van der Waals surface area contributed by atoms with Crippen molar-refractivity contribution < 1.29 is 0 Å². The van der Waals surface area contributed by atoms with Crippen LogP contribution in [0.5, 0.6) is 0 Å². The quantitative estimate of drug-likeness (QED) is 0.864. The van der Waals surface area contributed by atoms with Crippen LogP contribution in [0.1, 0.15) is 18.1 Å². The number of hydrogen-bond donors (Lipinski definition) is 1. The van der Waals surface area contributed by atoms with Crippen LogP contribution >= 0.6 is 0 Å². The molecule has 0 aliphatic carbocycles. The molecule has 2 heterocycles. The Labute approximate surface area is 100 Å². The number of aryl methyl sites for hydroxylation is 1. The fraction of sp³-hybridized carbons (Fsp3) is 0.455. The van der Waals surface area contributed by atoms with Gasteiger partial charge in [-0.3, -0.25) is 0 Å². The highest BCUT2D eigenvalue weighted by molar-refractivity contribution is 5.60. The molecule has 0 amide bonds. The summed E-state index contributed by atoms with van der Waals surface area (Å²) in [6.07, 6.45) is 1.52. The first-order valence-electron chi connectivity index (χ1n) is 5.57. The summed E-state index contributed by atoms with van der Waals surface area (Å²) in [7, 11) is 1.84. The van der Waals surface area contributed by atoms with Gasteiger partial charge in [0.1, 0.15) is 12.0 Å². The minimum absolute atomic E-state index is 0.737. The summed E-state index contributed by atoms with van der Waals surface area (Å²) in [5.41, 5.74) is 2.95. The third kappa shape index (κ3) is 1.98. The number of aromatic nitrogens is 5. The number of rotatable bonds is 3. The summed E-state index contributed by atoms with van der Waals surface area (Å²) < 4.78 is 1.70. The van der Waals surface area contributed by atoms with E-state index in [1.807, 2.05) is 27.8 Å². The van der Waals surface area contributed by atoms with Gasteiger partial charge in [-0.2, -0.15) is 5.10 Å². The Morgan fingerprint density at radius 2 is 2.00 bits per heavy atom. The van der Waals surface area contributed by atoms with E-state index in [9.17, 15) is 0 Å². The molecule has 0 unspecified atom stereocenters. The monoisotopic (exact) mass is 232 g/mol. The predicted octanol–water partition coefficient (Wildman–Crippen LogP) is 1.32. The molecule has 6 heteroatoms. The molecule has 0 aliphatic heterocycles. The van der Waals surface area contributed by atoms with Gasteiger partial charge in [0.25, 0.3) is 0 Å². The minimum atomic E-state index is 0.737. The zero-order valence-electron chi connectivity index (χ0n) is 10.5. The number of hydrogen-bond acceptors (Lipinski definition) is 5. The maximum atomic E-state index is 4.23. The van der Waals surface area contributed by atoms with Gasteiger partial charge in [-0.15, -0.1) is 10.2 Å². The van der Waals surface area contributed by atoms with Gasteiger partial charge in [-0.1, -0.05) is 0 Å². The molecule has 0 fully saturated rings. The van der Waals surface area contributed by atoms with Crippen molar-refractivity contribution >= 4 is 5.82 Å². The zero-order valence-corrected chi connectivity index (χ0v) is 10.5. The van der Waals surface area contributed by atoms with Gasteiger partial charge in [0.2, 0.25) is 0 Å². The lowest BCUT2D eigenvalue weighted by Crippen LogP contribution is -2.07. The first kappa shape index (κ1) is 11.5. The second kappa shape index (κ2) is 4.48. The highest BCUT2D eigenvalue weighted by Crippen LogP contribution is 2.23. The van der Waals surface area contributed by atoms with E-state index >= 15 is 0 Å². The Morgan fingerprint density at radius 1 is 1.24 bits per heavy atom. The molecule has 0 saturated heterocycles. The molecule has 0 aromatic carbocycles. The van der Waals surface area contributed by atoms with E-state index in [0.717, 1.165) is 35.0 Å². The molecule has 90 valence electrons. The molecule has 6 nitrogen and oxygen atoms in total. The normalized spacial score (nSPS) is 10.6. The maximum absolute atomic E-state index is 4.23. The minimum Gasteiger partial charge on any atom is -0.369 e. The van der Waals surface area contributed by atoms with Gasteiger partial charge < -0.3 is 5.32 Å². The van der Waals surface area contributed by atoms with Crippen molar-refractivity contribution in [2.45, 2.75) is 20.8 Å². The van der Waals surface area contributed by atoms with Gasteiger partial charge in [0.15, 0.2) is 11.6 Å². The molecule has 0 bridgehead atoms. The van der Waals surface area contributed by atoms with Crippen molar-refractivity contribution in [3.8, 4) is 11.5 Å². The van der Waals surface area contributed by atoms with E-state index in [-0.39, 0.29) is 0 Å². The van der Waals surface area contributed by atoms with Crippen molar-refractivity contribution in [1.82, 2.24) is 25.0 Å². The number of nitrogens with zero attached hydrogens (tertiary/aromatic N) is 5. The van der Waals surface area contributed by atoms with Crippen LogP contribution in [-0.4, -0.2) is 31.5 Å². The molecule has 0 atom stereocenters. The topological polar surface area (TPSA) is 68.5 Å². The van der Waals surface area contributed by atoms with Gasteiger partial charge in [-0.05, 0) is 31.9 Å². The molecule has 0 aliphatic rings. The fourth-order valence-corrected chi connectivity index (χ4v) is 1.66. The third-order valence-corrected chi connectivity index (χ3v) is 2.79. The summed E-state index contributed by atoms with van der Waals surface area (Å²) in [5.74, 6) is 1.57. The Kier molecular flexibility index (Phi) is 3.03. The summed E-state index contributed by atoms with van der Waals surface area (Å²) in [4.78, 5) is 4.19. The Balaban J connectivity index is 2.51. The van der Waals surface area contributed by atoms with Gasteiger partial charge >= 0.3 is 0 Å². The molecule has 2 aromatic rings. The average Bonchev–Trinajstić information content (AvgIpc) is 2.72. The van der Waals surface area contributed by atoms with E-state index in [0.29, 0.717) is 0 Å². The van der Waals surface area contributed by atoms with Crippen LogP contribution in [0.3, 0.4) is 0 Å². The van der Waals surface area contributed by atoms with Crippen LogP contribution in [0.2, 0.25) is 0 Å². The molecule has 0 saturated carbocycles. The second-order valence-corrected chi connectivity index (χ2v) is 3.88. The van der Waals surface area contributed by atoms with Crippen LogP contribution in [0.4, 0.5) is 5.82 Å². The Hall–Kier alpha value is -1.98. The number of anilines is 1. The molecule has 17 heavy (non-hydrogen) atoms. The summed E-state index contributed by atoms with van der Waals surface area (Å²) in [6.45, 7) is 6.92. The molecule has 0 spiro atoms. The summed E-state index contributed by atoms with van der Waals surface area (Å²) >= 11 is 0. The molecule has 1 N–H and O–H groups in total. The van der Waals surface area contributed by atoms with Crippen LogP contribution in [0.15, 0.2) is 6.33 Å². The Morgan fingerprint density at radius 3 is 2.59 bits per heavy atom. The van der Waals surface area contributed by atoms with Crippen LogP contribution in [0, 0.1) is 13.8 Å². The fourth-order valence-electron chi connectivity index (χ4n) is 1.66. The first-order valence-corrected chi connectivity index (χ1v) is 5.57. The SMILES string of the molecule is CCNc1nnc(-c2ncnn2C)c(C)c1C. The predicted molar refractivity (Wildman–Crippen MR) is 65.7 cm³/mol. The summed E-state index contributed by atoms with van der Waals surface area (Å²) in [6, 6.07) is 0. The van der Waals surface area contributed by atoms with E-state index in [2.05, 4.69) is 25.6 Å². The van der Waals surface area contributed by atoms with Crippen molar-refractivity contribution in [1.29, 1.82) is 0 Å². The largest absolute Gasteiger partial charge is 0.369 e. The standard InChI is InChI=1S/C11H16N6/c1-5-12-10-8(3)7(2)9(15-16-10)11-13-6-14-17(11)4/h6H,5H2,1-4H3,(H,12,16). The first-order chi connectivity index (χ1) is 8.15. The molecule has 2 rings (SSSR count). The van der Waals surface area contributed by atoms with Gasteiger partial charge in [-0.25, -0.2) is 9.67 Å². The molecule has 2 aromatic heterocycles. The van der Waals surface area contributed by atoms with Crippen molar-refractivity contribution in [3.63, 3.8) is 0 Å². The van der Waals surface area contributed by atoms with Crippen LogP contribution < -0.4 is 5.32 Å². The van der Waals surface area contributed by atoms with Crippen molar-refractivity contribution in [2.75, 3.05) is 11.9 Å². The van der Waals surface area contributed by atoms with E-state index < -0.39 is 0 Å². The van der Waals surface area contributed by atoms with Gasteiger partial charge in [0.05, 0.1) is 0 Å². The van der Waals surface area contributed by atoms with Gasteiger partial charge in [0, 0.05) is 13.6 Å². The molecule has 0 radical (unpaired) electrons. The zero-order chi connectivity index (χ0) is 12.4. The number of nitrogens with one attached hydrogen (secondary N) is 1. The molecular formula is C11H16N6. The highest BCUT2D eigenvalue weighted by Gasteiger charge is 2.14. The van der Waals surface area contributed by atoms with E-state index in [4.69, 9.17) is 0 Å². The third-order valence-electron chi connectivity index (χ3n) is 2.79. The van der Waals surface area contributed by atoms with Crippen molar-refractivity contribution in [2.24, 2.45) is 7.05 Å². The lowest BCUT2D eigenvalue weighted by atomic mass is 10.1. The second-order valence-electron chi connectivity index (χ2n) is 3.88. The molecular weight excluding hydrogens is 216 g/mol. The van der Waals surface area contributed by atoms with Crippen LogP contribution in [-0.2, 0) is 7.05 Å². The summed E-state index contributed by atoms with van der Waals surface area (Å²) in [5, 5.41) is 15.6. The van der Waals surface area contributed by atoms with E-state index in [1.54, 1.807) is 4.68 Å². The van der Waals surface area contributed by atoms with Crippen LogP contribution in [0.25, 0.3) is 11.5 Å². The highest BCUT2D eigenvalue weighted by atomic mass is 15.3. The van der Waals surface area contributed by atoms with E-state index in [1.165, 1.54) is 6.33 Å². The Bertz CT molecular complexity index is 531. The maximum Gasteiger partial charge on any atom is 0.178 e. The lowest BCUT2D eigenvalue weighted by molar-refractivity contribution is 0.767. The lowest BCUT2D eigenvalue weighted by Gasteiger charge is -2.10. The smallest absolute Gasteiger partial charge is 0.178 e. The average molecular weight is 232 g/mol. The van der Waals surface area contributed by atoms with Crippen molar-refractivity contribution in [3.05, 3.63) is 17.5 Å².